The molecule has 0 saturated carbocycles. The van der Waals surface area contributed by atoms with Gasteiger partial charge in [-0.3, -0.25) is 4.72 Å². The molecule has 1 N–H and O–H groups in total. The Labute approximate surface area is 137 Å². The number of hydrogen-bond acceptors (Lipinski definition) is 5. The van der Waals surface area contributed by atoms with Gasteiger partial charge >= 0.3 is 0 Å². The van der Waals surface area contributed by atoms with E-state index in [9.17, 15) is 8.42 Å². The summed E-state index contributed by atoms with van der Waals surface area (Å²) in [5.74, 6) is 0. The summed E-state index contributed by atoms with van der Waals surface area (Å²) in [6.45, 7) is 3.91. The van der Waals surface area contributed by atoms with Crippen LogP contribution in [0.2, 0.25) is 0 Å². The predicted octanol–water partition coefficient (Wildman–Crippen LogP) is 4.29. The minimum Gasteiger partial charge on any atom is -0.254 e. The average molecular weight is 350 g/mol. The van der Waals surface area contributed by atoms with Crippen LogP contribution in [-0.4, -0.2) is 13.4 Å². The van der Waals surface area contributed by atoms with Crippen LogP contribution < -0.4 is 4.72 Å². The van der Waals surface area contributed by atoms with Crippen LogP contribution in [0, 0.1) is 13.8 Å². The molecule has 0 aliphatic heterocycles. The summed E-state index contributed by atoms with van der Waals surface area (Å²) in [5.41, 5.74) is 2.19. The van der Waals surface area contributed by atoms with Gasteiger partial charge in [-0.2, -0.15) is 0 Å². The zero-order valence-corrected chi connectivity index (χ0v) is 14.5. The maximum absolute atomic E-state index is 12.4. The monoisotopic (exact) mass is 350 g/mol. The molecule has 0 unspecified atom stereocenters. The quantitative estimate of drug-likeness (QED) is 0.763. The third-order valence-electron chi connectivity index (χ3n) is 3.03. The second-order valence-corrected chi connectivity index (χ2v) is 9.09. The summed E-state index contributed by atoms with van der Waals surface area (Å²) in [7, 11) is -3.58. The predicted molar refractivity (Wildman–Crippen MR) is 92.2 cm³/mol. The van der Waals surface area contributed by atoms with Gasteiger partial charge in [-0.25, -0.2) is 13.4 Å². The highest BCUT2D eigenvalue weighted by atomic mass is 32.2. The van der Waals surface area contributed by atoms with Crippen molar-refractivity contribution in [2.75, 3.05) is 4.72 Å². The van der Waals surface area contributed by atoms with Crippen molar-refractivity contribution in [3.8, 4) is 10.4 Å². The largest absolute Gasteiger partial charge is 0.273 e. The number of thiazole rings is 1. The van der Waals surface area contributed by atoms with Gasteiger partial charge in [-0.05, 0) is 31.5 Å². The summed E-state index contributed by atoms with van der Waals surface area (Å²) in [5, 5.41) is 0.391. The molecule has 114 valence electrons. The first-order chi connectivity index (χ1) is 10.4. The van der Waals surface area contributed by atoms with E-state index in [-0.39, 0.29) is 4.21 Å². The van der Waals surface area contributed by atoms with Gasteiger partial charge in [0.05, 0.1) is 0 Å². The lowest BCUT2D eigenvalue weighted by atomic mass is 10.1. The van der Waals surface area contributed by atoms with Crippen molar-refractivity contribution in [1.29, 1.82) is 0 Å². The van der Waals surface area contributed by atoms with Crippen LogP contribution in [0.5, 0.6) is 0 Å². The number of anilines is 1. The lowest BCUT2D eigenvalue weighted by Crippen LogP contribution is -2.10. The van der Waals surface area contributed by atoms with Crippen molar-refractivity contribution in [1.82, 2.24) is 4.98 Å². The van der Waals surface area contributed by atoms with Gasteiger partial charge in [0.2, 0.25) is 0 Å². The van der Waals surface area contributed by atoms with Crippen LogP contribution in [0.15, 0.2) is 46.8 Å². The van der Waals surface area contributed by atoms with Crippen LogP contribution in [-0.2, 0) is 10.0 Å². The van der Waals surface area contributed by atoms with Crippen LogP contribution in [0.25, 0.3) is 10.4 Å². The van der Waals surface area contributed by atoms with Gasteiger partial charge in [-0.1, -0.05) is 29.8 Å². The summed E-state index contributed by atoms with van der Waals surface area (Å²) in [6.07, 6.45) is 1.65. The Hall–Kier alpha value is -1.70. The molecule has 7 heteroatoms. The molecule has 2 heterocycles. The number of nitrogens with zero attached hydrogens (tertiary/aromatic N) is 1. The molecule has 4 nitrogen and oxygen atoms in total. The van der Waals surface area contributed by atoms with E-state index in [1.54, 1.807) is 12.3 Å². The van der Waals surface area contributed by atoms with Crippen molar-refractivity contribution in [3.63, 3.8) is 0 Å². The van der Waals surface area contributed by atoms with E-state index in [2.05, 4.69) is 9.71 Å². The van der Waals surface area contributed by atoms with Gasteiger partial charge in [0.1, 0.15) is 4.21 Å². The molecule has 3 aromatic rings. The van der Waals surface area contributed by atoms with E-state index in [1.165, 1.54) is 28.2 Å². The first-order valence-corrected chi connectivity index (χ1v) is 9.68. The fourth-order valence-corrected chi connectivity index (χ4v) is 5.12. The van der Waals surface area contributed by atoms with E-state index in [0.29, 0.717) is 5.13 Å². The molecule has 0 bridgehead atoms. The Morgan fingerprint density at radius 1 is 1.00 bits per heavy atom. The van der Waals surface area contributed by atoms with Crippen molar-refractivity contribution in [2.45, 2.75) is 18.1 Å². The van der Waals surface area contributed by atoms with Crippen molar-refractivity contribution in [3.05, 3.63) is 53.0 Å². The summed E-state index contributed by atoms with van der Waals surface area (Å²) in [4.78, 5) is 5.92. The number of hydrogen-bond donors (Lipinski definition) is 1. The normalized spacial score (nSPS) is 11.5. The van der Waals surface area contributed by atoms with Crippen molar-refractivity contribution < 1.29 is 8.42 Å². The molecule has 0 fully saturated rings. The minimum absolute atomic E-state index is 0.288. The van der Waals surface area contributed by atoms with E-state index in [0.717, 1.165) is 15.3 Å². The topological polar surface area (TPSA) is 59.1 Å². The van der Waals surface area contributed by atoms with Gasteiger partial charge < -0.3 is 0 Å². The number of sulfonamides is 1. The molecule has 0 amide bonds. The zero-order chi connectivity index (χ0) is 15.7. The summed E-state index contributed by atoms with van der Waals surface area (Å²) in [6, 6.07) is 11.5. The minimum atomic E-state index is -3.58. The molecule has 1 aromatic carbocycles. The average Bonchev–Trinajstić information content (AvgIpc) is 3.09. The highest BCUT2D eigenvalue weighted by Gasteiger charge is 2.18. The highest BCUT2D eigenvalue weighted by Crippen LogP contribution is 2.32. The molecular weight excluding hydrogens is 336 g/mol. The Balaban J connectivity index is 1.87. The second-order valence-electron chi connectivity index (χ2n) is 4.87. The number of benzene rings is 1. The zero-order valence-electron chi connectivity index (χ0n) is 12.0. The molecule has 0 radical (unpaired) electrons. The third-order valence-corrected chi connectivity index (χ3v) is 6.95. The molecule has 0 spiro atoms. The fourth-order valence-electron chi connectivity index (χ4n) is 1.90. The number of nitrogens with one attached hydrogen (secondary N) is 1. The second kappa shape index (κ2) is 5.83. The summed E-state index contributed by atoms with van der Waals surface area (Å²) < 4.78 is 27.6. The van der Waals surface area contributed by atoms with E-state index >= 15 is 0 Å². The molecule has 0 aliphatic rings. The van der Waals surface area contributed by atoms with Crippen LogP contribution in [0.1, 0.15) is 10.4 Å². The molecule has 0 saturated heterocycles. The maximum Gasteiger partial charge on any atom is 0.273 e. The Bertz CT molecular complexity index is 893. The number of thiophene rings is 1. The van der Waals surface area contributed by atoms with E-state index in [1.807, 2.05) is 44.2 Å². The number of rotatable bonds is 4. The van der Waals surface area contributed by atoms with Crippen molar-refractivity contribution >= 4 is 37.8 Å². The Morgan fingerprint density at radius 3 is 2.36 bits per heavy atom. The lowest BCUT2D eigenvalue weighted by molar-refractivity contribution is 0.603. The van der Waals surface area contributed by atoms with Gasteiger partial charge in [0.25, 0.3) is 10.0 Å². The smallest absolute Gasteiger partial charge is 0.254 e. The molecule has 0 atom stereocenters. The maximum atomic E-state index is 12.4. The van der Waals surface area contributed by atoms with Crippen LogP contribution in [0.4, 0.5) is 5.13 Å². The van der Waals surface area contributed by atoms with Gasteiger partial charge in [-0.15, -0.1) is 22.7 Å². The number of aryl methyl sites for hydroxylation is 2. The van der Waals surface area contributed by atoms with Gasteiger partial charge in [0.15, 0.2) is 5.13 Å². The van der Waals surface area contributed by atoms with Crippen LogP contribution in [0.3, 0.4) is 0 Å². The van der Waals surface area contributed by atoms with E-state index < -0.39 is 10.0 Å². The molecule has 2 aromatic heterocycles. The lowest BCUT2D eigenvalue weighted by Gasteiger charge is -2.02. The molecule has 22 heavy (non-hydrogen) atoms. The standard InChI is InChI=1S/C15H14N2O2S3/c1-10-3-5-12(6-4-10)13-7-8-14(21-13)22(18,19)17-15-16-9-11(2)20-15/h3-9H,1-2H3,(H,16,17). The molecular formula is C15H14N2O2S3. The SMILES string of the molecule is Cc1ccc(-c2ccc(S(=O)(=O)Nc3ncc(C)s3)s2)cc1. The Morgan fingerprint density at radius 2 is 1.73 bits per heavy atom. The summed E-state index contributed by atoms with van der Waals surface area (Å²) >= 11 is 2.57. The van der Waals surface area contributed by atoms with Crippen LogP contribution >= 0.6 is 22.7 Å². The third kappa shape index (κ3) is 3.21. The Kier molecular flexibility index (Phi) is 4.03. The van der Waals surface area contributed by atoms with E-state index in [4.69, 9.17) is 0 Å². The van der Waals surface area contributed by atoms with Gasteiger partial charge in [0, 0.05) is 16.0 Å². The van der Waals surface area contributed by atoms with Crippen molar-refractivity contribution in [2.24, 2.45) is 0 Å². The molecule has 3 rings (SSSR count). The molecule has 0 aliphatic carbocycles. The first-order valence-electron chi connectivity index (χ1n) is 6.56. The number of aromatic nitrogens is 1. The fraction of sp³-hybridized carbons (Fsp3) is 0.133. The first kappa shape index (κ1) is 15.2. The highest BCUT2D eigenvalue weighted by molar-refractivity contribution is 7.95.